The molecular weight excluding hydrogens is 362 g/mol. The SMILES string of the molecule is COc1ccc(S(=O)(=O)CC(C)C(=O)N2CCCCc3ccccc32)cc1. The number of carbonyl (C=O) groups excluding carboxylic acids is 1. The molecule has 1 atom stereocenters. The smallest absolute Gasteiger partial charge is 0.230 e. The number of anilines is 1. The van der Waals surface area contributed by atoms with Crippen LogP contribution in [0.5, 0.6) is 5.75 Å². The molecule has 5 nitrogen and oxygen atoms in total. The van der Waals surface area contributed by atoms with Gasteiger partial charge in [-0.3, -0.25) is 4.79 Å². The largest absolute Gasteiger partial charge is 0.497 e. The summed E-state index contributed by atoms with van der Waals surface area (Å²) in [5.41, 5.74) is 2.06. The van der Waals surface area contributed by atoms with E-state index < -0.39 is 15.8 Å². The van der Waals surface area contributed by atoms with Crippen molar-refractivity contribution in [1.82, 2.24) is 0 Å². The topological polar surface area (TPSA) is 63.7 Å². The second kappa shape index (κ2) is 8.13. The summed E-state index contributed by atoms with van der Waals surface area (Å²) in [5, 5.41) is 0. The number of aryl methyl sites for hydroxylation is 1. The number of ether oxygens (including phenoxy) is 1. The number of benzene rings is 2. The first-order valence-electron chi connectivity index (χ1n) is 9.18. The van der Waals surface area contributed by atoms with Gasteiger partial charge in [-0.15, -0.1) is 0 Å². The molecule has 144 valence electrons. The fraction of sp³-hybridized carbons (Fsp3) is 0.381. The molecule has 0 fully saturated rings. The zero-order valence-corrected chi connectivity index (χ0v) is 16.5. The van der Waals surface area contributed by atoms with E-state index in [9.17, 15) is 13.2 Å². The van der Waals surface area contributed by atoms with Gasteiger partial charge in [-0.25, -0.2) is 8.42 Å². The lowest BCUT2D eigenvalue weighted by Gasteiger charge is -2.26. The summed E-state index contributed by atoms with van der Waals surface area (Å²) in [4.78, 5) is 15.0. The third-order valence-electron chi connectivity index (χ3n) is 4.94. The van der Waals surface area contributed by atoms with Crippen molar-refractivity contribution in [2.75, 3.05) is 24.3 Å². The van der Waals surface area contributed by atoms with Crippen LogP contribution in [-0.2, 0) is 21.1 Å². The molecule has 6 heteroatoms. The molecule has 1 unspecified atom stereocenters. The molecule has 1 heterocycles. The number of hydrogen-bond acceptors (Lipinski definition) is 4. The van der Waals surface area contributed by atoms with Crippen LogP contribution in [-0.4, -0.2) is 33.7 Å². The Kier molecular flexibility index (Phi) is 5.85. The van der Waals surface area contributed by atoms with Crippen molar-refractivity contribution in [3.8, 4) is 5.75 Å². The van der Waals surface area contributed by atoms with E-state index in [1.165, 1.54) is 19.2 Å². The lowest BCUT2D eigenvalue weighted by Crippen LogP contribution is -2.38. The monoisotopic (exact) mass is 387 g/mol. The number of hydrogen-bond donors (Lipinski definition) is 0. The Labute approximate surface area is 160 Å². The van der Waals surface area contributed by atoms with Gasteiger partial charge in [-0.2, -0.15) is 0 Å². The Hall–Kier alpha value is -2.34. The molecule has 0 N–H and O–H groups in total. The quantitative estimate of drug-likeness (QED) is 0.788. The molecule has 2 aromatic rings. The first-order chi connectivity index (χ1) is 12.9. The number of para-hydroxylation sites is 1. The van der Waals surface area contributed by atoms with Crippen LogP contribution in [0.4, 0.5) is 5.69 Å². The average Bonchev–Trinajstić information content (AvgIpc) is 2.89. The van der Waals surface area contributed by atoms with Crippen LogP contribution in [0.25, 0.3) is 0 Å². The molecule has 1 amide bonds. The molecule has 0 bridgehead atoms. The van der Waals surface area contributed by atoms with Gasteiger partial charge in [0.05, 0.1) is 17.8 Å². The lowest BCUT2D eigenvalue weighted by atomic mass is 10.1. The van der Waals surface area contributed by atoms with Crippen molar-refractivity contribution < 1.29 is 17.9 Å². The molecule has 0 aliphatic carbocycles. The third-order valence-corrected chi connectivity index (χ3v) is 6.87. The molecule has 3 rings (SSSR count). The Morgan fingerprint density at radius 3 is 2.52 bits per heavy atom. The highest BCUT2D eigenvalue weighted by Crippen LogP contribution is 2.28. The number of rotatable bonds is 5. The van der Waals surface area contributed by atoms with Crippen molar-refractivity contribution in [2.45, 2.75) is 31.1 Å². The minimum absolute atomic E-state index is 0.138. The van der Waals surface area contributed by atoms with E-state index in [-0.39, 0.29) is 16.6 Å². The van der Waals surface area contributed by atoms with Gasteiger partial charge >= 0.3 is 0 Å². The summed E-state index contributed by atoms with van der Waals surface area (Å²) >= 11 is 0. The number of nitrogens with zero attached hydrogens (tertiary/aromatic N) is 1. The average molecular weight is 388 g/mol. The van der Waals surface area contributed by atoms with E-state index in [2.05, 4.69) is 0 Å². The number of carbonyl (C=O) groups is 1. The first kappa shape index (κ1) is 19.4. The zero-order chi connectivity index (χ0) is 19.4. The van der Waals surface area contributed by atoms with Gasteiger partial charge in [0.25, 0.3) is 0 Å². The zero-order valence-electron chi connectivity index (χ0n) is 15.7. The third kappa shape index (κ3) is 4.33. The summed E-state index contributed by atoms with van der Waals surface area (Å²) in [7, 11) is -2.03. The predicted octanol–water partition coefficient (Wildman–Crippen LogP) is 3.47. The van der Waals surface area contributed by atoms with E-state index in [1.807, 2.05) is 24.3 Å². The van der Waals surface area contributed by atoms with Crippen molar-refractivity contribution in [2.24, 2.45) is 5.92 Å². The Bertz CT molecular complexity index is 906. The van der Waals surface area contributed by atoms with Gasteiger partial charge in [0.2, 0.25) is 5.91 Å². The highest BCUT2D eigenvalue weighted by Gasteiger charge is 2.29. The van der Waals surface area contributed by atoms with Crippen LogP contribution in [0, 0.1) is 5.92 Å². The Morgan fingerprint density at radius 1 is 1.11 bits per heavy atom. The lowest BCUT2D eigenvalue weighted by molar-refractivity contribution is -0.121. The molecule has 2 aromatic carbocycles. The van der Waals surface area contributed by atoms with Gasteiger partial charge < -0.3 is 9.64 Å². The standard InChI is InChI=1S/C21H25NO4S/c1-16(15-27(24,25)19-12-10-18(26-2)11-13-19)21(23)22-14-6-5-8-17-7-3-4-9-20(17)22/h3-4,7,9-13,16H,5-6,8,14-15H2,1-2H3. The number of sulfone groups is 1. The maximum Gasteiger partial charge on any atom is 0.230 e. The van der Waals surface area contributed by atoms with Crippen molar-refractivity contribution >= 4 is 21.4 Å². The summed E-state index contributed by atoms with van der Waals surface area (Å²) in [5.74, 6) is -0.374. The van der Waals surface area contributed by atoms with Crippen molar-refractivity contribution in [3.63, 3.8) is 0 Å². The maximum atomic E-state index is 13.1. The van der Waals surface area contributed by atoms with Crippen LogP contribution < -0.4 is 9.64 Å². The minimum atomic E-state index is -3.56. The molecule has 27 heavy (non-hydrogen) atoms. The number of amides is 1. The van der Waals surface area contributed by atoms with E-state index in [4.69, 9.17) is 4.74 Å². The highest BCUT2D eigenvalue weighted by atomic mass is 32.2. The highest BCUT2D eigenvalue weighted by molar-refractivity contribution is 7.91. The van der Waals surface area contributed by atoms with Gasteiger partial charge in [-0.05, 0) is 55.2 Å². The molecule has 0 saturated carbocycles. The van der Waals surface area contributed by atoms with E-state index in [1.54, 1.807) is 24.0 Å². The fourth-order valence-electron chi connectivity index (χ4n) is 3.47. The Morgan fingerprint density at radius 2 is 1.81 bits per heavy atom. The van der Waals surface area contributed by atoms with Crippen LogP contribution in [0.1, 0.15) is 25.3 Å². The molecule has 0 spiro atoms. The van der Waals surface area contributed by atoms with Gasteiger partial charge in [-0.1, -0.05) is 25.1 Å². The van der Waals surface area contributed by atoms with Gasteiger partial charge in [0, 0.05) is 18.2 Å². The number of methoxy groups -OCH3 is 1. The van der Waals surface area contributed by atoms with Crippen LogP contribution in [0.15, 0.2) is 53.4 Å². The summed E-state index contributed by atoms with van der Waals surface area (Å²) in [6.07, 6.45) is 2.89. The normalized spacial score (nSPS) is 15.6. The molecule has 0 aromatic heterocycles. The van der Waals surface area contributed by atoms with Crippen molar-refractivity contribution in [3.05, 3.63) is 54.1 Å². The van der Waals surface area contributed by atoms with E-state index >= 15 is 0 Å². The second-order valence-corrected chi connectivity index (χ2v) is 8.97. The molecule has 1 aliphatic heterocycles. The van der Waals surface area contributed by atoms with Gasteiger partial charge in [0.1, 0.15) is 5.75 Å². The molecular formula is C21H25NO4S. The maximum absolute atomic E-state index is 13.1. The van der Waals surface area contributed by atoms with Crippen molar-refractivity contribution in [1.29, 1.82) is 0 Å². The second-order valence-electron chi connectivity index (χ2n) is 6.93. The van der Waals surface area contributed by atoms with Crippen LogP contribution in [0.3, 0.4) is 0 Å². The molecule has 0 radical (unpaired) electrons. The van der Waals surface area contributed by atoms with Crippen LogP contribution >= 0.6 is 0 Å². The van der Waals surface area contributed by atoms with Gasteiger partial charge in [0.15, 0.2) is 9.84 Å². The summed E-state index contributed by atoms with van der Waals surface area (Å²) in [6, 6.07) is 14.2. The fourth-order valence-corrected chi connectivity index (χ4v) is 5.01. The summed E-state index contributed by atoms with van der Waals surface area (Å²) in [6.45, 7) is 2.32. The number of fused-ring (bicyclic) bond motifs is 1. The van der Waals surface area contributed by atoms with E-state index in [0.717, 1.165) is 30.5 Å². The summed E-state index contributed by atoms with van der Waals surface area (Å²) < 4.78 is 30.5. The van der Waals surface area contributed by atoms with Crippen LogP contribution in [0.2, 0.25) is 0 Å². The molecule has 1 aliphatic rings. The van der Waals surface area contributed by atoms with E-state index in [0.29, 0.717) is 12.3 Å². The minimum Gasteiger partial charge on any atom is -0.497 e. The first-order valence-corrected chi connectivity index (χ1v) is 10.8. The molecule has 0 saturated heterocycles. The predicted molar refractivity (Wildman–Crippen MR) is 106 cm³/mol. The Balaban J connectivity index is 1.79.